The lowest BCUT2D eigenvalue weighted by atomic mass is 9.96. The molecule has 0 saturated heterocycles. The lowest BCUT2D eigenvalue weighted by molar-refractivity contribution is -0.130. The third-order valence-electron chi connectivity index (χ3n) is 3.06. The van der Waals surface area contributed by atoms with Crippen LogP contribution in [0.1, 0.15) is 10.4 Å². The Morgan fingerprint density at radius 2 is 2.05 bits per heavy atom. The SMILES string of the molecule is O=C(NN1C(=O)C2C=CC=CC2=NC1=S)c1ccncc1. The standard InChI is InChI=1S/C14H10N4O2S/c19-12(9-5-7-15-8-6-9)17-18-13(20)10-3-1-2-4-11(10)16-14(18)21/h1-8,10H,(H,17,19). The maximum atomic E-state index is 12.4. The molecule has 1 aliphatic heterocycles. The van der Waals surface area contributed by atoms with Gasteiger partial charge < -0.3 is 0 Å². The number of hydrogen-bond acceptors (Lipinski definition) is 4. The predicted octanol–water partition coefficient (Wildman–Crippen LogP) is 1.04. The molecule has 6 nitrogen and oxygen atoms in total. The van der Waals surface area contributed by atoms with Gasteiger partial charge in [-0.05, 0) is 30.4 Å². The van der Waals surface area contributed by atoms with E-state index in [9.17, 15) is 9.59 Å². The number of pyridine rings is 1. The van der Waals surface area contributed by atoms with Crippen LogP contribution in [0.2, 0.25) is 0 Å². The van der Waals surface area contributed by atoms with Gasteiger partial charge in [-0.1, -0.05) is 18.2 Å². The van der Waals surface area contributed by atoms with Crippen molar-refractivity contribution in [1.29, 1.82) is 0 Å². The van der Waals surface area contributed by atoms with E-state index in [1.54, 1.807) is 36.4 Å². The molecule has 1 unspecified atom stereocenters. The molecule has 1 aromatic heterocycles. The molecule has 1 N–H and O–H groups in total. The lowest BCUT2D eigenvalue weighted by Crippen LogP contribution is -2.54. The van der Waals surface area contributed by atoms with E-state index in [2.05, 4.69) is 15.4 Å². The van der Waals surface area contributed by atoms with Crippen LogP contribution in [-0.2, 0) is 4.79 Å². The Morgan fingerprint density at radius 3 is 2.81 bits per heavy atom. The van der Waals surface area contributed by atoms with Crippen LogP contribution in [0.15, 0.2) is 53.8 Å². The van der Waals surface area contributed by atoms with Gasteiger partial charge in [-0.3, -0.25) is 20.0 Å². The molecule has 2 heterocycles. The highest BCUT2D eigenvalue weighted by molar-refractivity contribution is 7.80. The number of thiocarbonyl (C=S) groups is 1. The third kappa shape index (κ3) is 2.50. The van der Waals surface area contributed by atoms with Gasteiger partial charge in [-0.25, -0.2) is 4.99 Å². The summed E-state index contributed by atoms with van der Waals surface area (Å²) in [6.07, 6.45) is 9.99. The molecule has 2 aliphatic rings. The summed E-state index contributed by atoms with van der Waals surface area (Å²) >= 11 is 5.07. The van der Waals surface area contributed by atoms with E-state index in [1.165, 1.54) is 12.4 Å². The van der Waals surface area contributed by atoms with Crippen LogP contribution >= 0.6 is 12.2 Å². The van der Waals surface area contributed by atoms with Gasteiger partial charge in [0, 0.05) is 18.0 Å². The molecule has 1 atom stereocenters. The zero-order chi connectivity index (χ0) is 14.8. The Hall–Kier alpha value is -2.67. The van der Waals surface area contributed by atoms with Crippen molar-refractivity contribution in [3.05, 3.63) is 54.4 Å². The van der Waals surface area contributed by atoms with E-state index < -0.39 is 11.8 Å². The fourth-order valence-corrected chi connectivity index (χ4v) is 2.25. The number of hydrazine groups is 1. The first-order chi connectivity index (χ1) is 10.2. The highest BCUT2D eigenvalue weighted by Gasteiger charge is 2.34. The predicted molar refractivity (Wildman–Crippen MR) is 80.4 cm³/mol. The molecular weight excluding hydrogens is 288 g/mol. The molecule has 0 spiro atoms. The summed E-state index contributed by atoms with van der Waals surface area (Å²) in [5, 5.41) is 1.03. The summed E-state index contributed by atoms with van der Waals surface area (Å²) < 4.78 is 0. The number of amides is 2. The number of nitrogens with one attached hydrogen (secondary N) is 1. The number of hydrogen-bond donors (Lipinski definition) is 1. The fourth-order valence-electron chi connectivity index (χ4n) is 2.01. The number of aromatic nitrogens is 1. The molecule has 0 bridgehead atoms. The second-order valence-electron chi connectivity index (χ2n) is 4.39. The van der Waals surface area contributed by atoms with Crippen molar-refractivity contribution in [2.24, 2.45) is 10.9 Å². The summed E-state index contributed by atoms with van der Waals surface area (Å²) in [4.78, 5) is 32.5. The summed E-state index contributed by atoms with van der Waals surface area (Å²) in [7, 11) is 0. The maximum Gasteiger partial charge on any atom is 0.270 e. The van der Waals surface area contributed by atoms with Gasteiger partial charge in [0.25, 0.3) is 11.8 Å². The van der Waals surface area contributed by atoms with E-state index in [0.717, 1.165) is 5.01 Å². The largest absolute Gasteiger partial charge is 0.271 e. The van der Waals surface area contributed by atoms with Crippen LogP contribution in [0.5, 0.6) is 0 Å². The van der Waals surface area contributed by atoms with Gasteiger partial charge in [0.2, 0.25) is 5.11 Å². The average Bonchev–Trinajstić information content (AvgIpc) is 2.52. The summed E-state index contributed by atoms with van der Waals surface area (Å²) in [5.74, 6) is -1.28. The first-order valence-corrected chi connectivity index (χ1v) is 6.60. The molecule has 3 rings (SSSR count). The molecule has 1 aliphatic carbocycles. The first kappa shape index (κ1) is 13.3. The highest BCUT2D eigenvalue weighted by atomic mass is 32.1. The van der Waals surface area contributed by atoms with Crippen LogP contribution in [-0.4, -0.2) is 32.6 Å². The average molecular weight is 298 g/mol. The van der Waals surface area contributed by atoms with E-state index in [4.69, 9.17) is 12.2 Å². The minimum Gasteiger partial charge on any atom is -0.271 e. The quantitative estimate of drug-likeness (QED) is 0.828. The Bertz CT molecular complexity index is 709. The van der Waals surface area contributed by atoms with Crippen LogP contribution < -0.4 is 5.43 Å². The normalized spacial score (nSPS) is 20.1. The summed E-state index contributed by atoms with van der Waals surface area (Å²) in [5.41, 5.74) is 3.45. The number of aliphatic imine (C=N–C) groups is 1. The number of carbonyl (C=O) groups is 2. The lowest BCUT2D eigenvalue weighted by Gasteiger charge is -2.29. The molecule has 7 heteroatoms. The van der Waals surface area contributed by atoms with Crippen LogP contribution in [0.3, 0.4) is 0 Å². The Balaban J connectivity index is 1.83. The zero-order valence-electron chi connectivity index (χ0n) is 10.8. The van der Waals surface area contributed by atoms with Crippen molar-refractivity contribution in [3.8, 4) is 0 Å². The first-order valence-electron chi connectivity index (χ1n) is 6.19. The van der Waals surface area contributed by atoms with Crippen molar-refractivity contribution in [2.45, 2.75) is 0 Å². The van der Waals surface area contributed by atoms with E-state index in [-0.39, 0.29) is 11.0 Å². The van der Waals surface area contributed by atoms with Crippen LogP contribution in [0.4, 0.5) is 0 Å². The molecule has 0 aromatic carbocycles. The molecule has 2 amide bonds. The minimum absolute atomic E-state index is 0.0219. The number of rotatable bonds is 2. The van der Waals surface area contributed by atoms with Gasteiger partial charge in [0.05, 0.1) is 5.71 Å². The summed E-state index contributed by atoms with van der Waals surface area (Å²) in [6, 6.07) is 3.09. The molecule has 21 heavy (non-hydrogen) atoms. The van der Waals surface area contributed by atoms with Crippen LogP contribution in [0, 0.1) is 5.92 Å². The van der Waals surface area contributed by atoms with Gasteiger partial charge in [-0.2, -0.15) is 5.01 Å². The minimum atomic E-state index is -0.514. The smallest absolute Gasteiger partial charge is 0.270 e. The monoisotopic (exact) mass is 298 g/mol. The second-order valence-corrected chi connectivity index (χ2v) is 4.76. The van der Waals surface area contributed by atoms with Crippen molar-refractivity contribution < 1.29 is 9.59 Å². The molecule has 0 radical (unpaired) electrons. The maximum absolute atomic E-state index is 12.4. The molecule has 104 valence electrons. The molecule has 0 saturated carbocycles. The Kier molecular flexibility index (Phi) is 3.41. The van der Waals surface area contributed by atoms with Crippen molar-refractivity contribution in [2.75, 3.05) is 0 Å². The van der Waals surface area contributed by atoms with Crippen molar-refractivity contribution in [3.63, 3.8) is 0 Å². The number of allylic oxidation sites excluding steroid dienone is 3. The van der Waals surface area contributed by atoms with Crippen LogP contribution in [0.25, 0.3) is 0 Å². The molecular formula is C14H10N4O2S. The van der Waals surface area contributed by atoms with Gasteiger partial charge in [0.15, 0.2) is 0 Å². The summed E-state index contributed by atoms with van der Waals surface area (Å²) in [6.45, 7) is 0. The number of carbonyl (C=O) groups excluding carboxylic acids is 2. The Labute approximate surface area is 125 Å². The second kappa shape index (κ2) is 5.37. The topological polar surface area (TPSA) is 74.7 Å². The zero-order valence-corrected chi connectivity index (χ0v) is 11.6. The van der Waals surface area contributed by atoms with Crippen molar-refractivity contribution >= 4 is 34.9 Å². The Morgan fingerprint density at radius 1 is 1.29 bits per heavy atom. The highest BCUT2D eigenvalue weighted by Crippen LogP contribution is 2.18. The molecule has 0 fully saturated rings. The van der Waals surface area contributed by atoms with Crippen molar-refractivity contribution in [1.82, 2.24) is 15.4 Å². The van der Waals surface area contributed by atoms with Gasteiger partial charge in [0.1, 0.15) is 5.92 Å². The number of fused-ring (bicyclic) bond motifs is 1. The fraction of sp³-hybridized carbons (Fsp3) is 0.0714. The molecule has 1 aromatic rings. The van der Waals surface area contributed by atoms with E-state index in [0.29, 0.717) is 11.3 Å². The van der Waals surface area contributed by atoms with Gasteiger partial charge >= 0.3 is 0 Å². The van der Waals surface area contributed by atoms with Gasteiger partial charge in [-0.15, -0.1) is 0 Å². The van der Waals surface area contributed by atoms with E-state index >= 15 is 0 Å². The third-order valence-corrected chi connectivity index (χ3v) is 3.33. The number of nitrogens with zero attached hydrogens (tertiary/aromatic N) is 3. The van der Waals surface area contributed by atoms with E-state index in [1.807, 2.05) is 0 Å².